The molecule has 1 aliphatic heterocycles. The highest BCUT2D eigenvalue weighted by Gasteiger charge is 2.33. The summed E-state index contributed by atoms with van der Waals surface area (Å²) in [5.74, 6) is 0.522. The Kier molecular flexibility index (Phi) is 8.33. The molecule has 1 aliphatic rings. The lowest BCUT2D eigenvalue weighted by atomic mass is 9.86. The van der Waals surface area contributed by atoms with E-state index in [1.165, 1.54) is 10.3 Å². The lowest BCUT2D eigenvalue weighted by molar-refractivity contribution is -0.0199. The summed E-state index contributed by atoms with van der Waals surface area (Å²) in [6.07, 6.45) is 1.14. The van der Waals surface area contributed by atoms with Crippen LogP contribution in [-0.4, -0.2) is 53.0 Å². The summed E-state index contributed by atoms with van der Waals surface area (Å²) < 4.78 is 11.6. The molecule has 8 nitrogen and oxygen atoms in total. The van der Waals surface area contributed by atoms with E-state index in [1.807, 2.05) is 24.3 Å². The third kappa shape index (κ3) is 6.91. The van der Waals surface area contributed by atoms with Crippen LogP contribution in [0.25, 0.3) is 10.8 Å². The highest BCUT2D eigenvalue weighted by atomic mass is 16.5. The Morgan fingerprint density at radius 1 is 0.949 bits per heavy atom. The maximum Gasteiger partial charge on any atom is 0.412 e. The van der Waals surface area contributed by atoms with Crippen LogP contribution in [-0.2, 0) is 22.5 Å². The molecule has 2 N–H and O–H groups in total. The first-order valence-electron chi connectivity index (χ1n) is 13.1. The van der Waals surface area contributed by atoms with Crippen LogP contribution in [0.4, 0.5) is 15.4 Å². The number of pyridine rings is 1. The summed E-state index contributed by atoms with van der Waals surface area (Å²) in [5.41, 5.74) is 3.21. The molecule has 3 aromatic carbocycles. The molecular weight excluding hydrogens is 494 g/mol. The summed E-state index contributed by atoms with van der Waals surface area (Å²) >= 11 is 0. The van der Waals surface area contributed by atoms with Gasteiger partial charge in [-0.25, -0.2) is 14.6 Å². The molecule has 8 heteroatoms. The second kappa shape index (κ2) is 12.4. The Morgan fingerprint density at radius 2 is 1.72 bits per heavy atom. The smallest absolute Gasteiger partial charge is 0.412 e. The van der Waals surface area contributed by atoms with Crippen molar-refractivity contribution < 1.29 is 24.2 Å². The van der Waals surface area contributed by atoms with Gasteiger partial charge in [-0.05, 0) is 52.1 Å². The van der Waals surface area contributed by atoms with Gasteiger partial charge < -0.3 is 19.5 Å². The maximum absolute atomic E-state index is 12.0. The number of aromatic nitrogens is 1. The van der Waals surface area contributed by atoms with Crippen molar-refractivity contribution in [1.82, 2.24) is 9.88 Å². The molecule has 1 aromatic heterocycles. The van der Waals surface area contributed by atoms with Crippen LogP contribution in [0.3, 0.4) is 0 Å². The number of fused-ring (bicyclic) bond motifs is 1. The fourth-order valence-corrected chi connectivity index (χ4v) is 4.94. The summed E-state index contributed by atoms with van der Waals surface area (Å²) in [7, 11) is 0. The van der Waals surface area contributed by atoms with Gasteiger partial charge in [-0.3, -0.25) is 5.32 Å². The number of hydrogen-bond acceptors (Lipinski definition) is 5. The standard InChI is InChI=1S/C31H31N3O5/c35-30(33-29-7-3-4-16-32-29)38-18-15-22-8-12-25(13-9-22)27-14-17-34(31(36)37)20-28(27)39-21-23-10-11-24-5-1-2-6-26(24)19-23/h1-13,16,19,27-28H,14-15,17-18,20-21H2,(H,36,37)(H,32,33,35). The minimum Gasteiger partial charge on any atom is -0.465 e. The lowest BCUT2D eigenvalue weighted by Gasteiger charge is -2.37. The quantitative estimate of drug-likeness (QED) is 0.289. The summed E-state index contributed by atoms with van der Waals surface area (Å²) in [5, 5.41) is 14.5. The van der Waals surface area contributed by atoms with Crippen LogP contribution in [0, 0.1) is 0 Å². The van der Waals surface area contributed by atoms with E-state index in [4.69, 9.17) is 9.47 Å². The third-order valence-corrected chi connectivity index (χ3v) is 7.03. The van der Waals surface area contributed by atoms with Crippen molar-refractivity contribution in [2.24, 2.45) is 0 Å². The molecule has 2 amide bonds. The predicted molar refractivity (Wildman–Crippen MR) is 149 cm³/mol. The summed E-state index contributed by atoms with van der Waals surface area (Å²) in [6.45, 7) is 1.45. The number of rotatable bonds is 8. The van der Waals surface area contributed by atoms with Gasteiger partial charge in [0.15, 0.2) is 0 Å². The number of benzene rings is 3. The fourth-order valence-electron chi connectivity index (χ4n) is 4.94. The number of hydrogen-bond donors (Lipinski definition) is 2. The van der Waals surface area contributed by atoms with E-state index in [1.54, 1.807) is 24.4 Å². The summed E-state index contributed by atoms with van der Waals surface area (Å²) in [6, 6.07) is 27.9. The third-order valence-electron chi connectivity index (χ3n) is 7.03. The Morgan fingerprint density at radius 3 is 2.49 bits per heavy atom. The number of likely N-dealkylation sites (tertiary alicyclic amines) is 1. The van der Waals surface area contributed by atoms with Crippen molar-refractivity contribution in [3.8, 4) is 0 Å². The minimum atomic E-state index is -0.921. The number of piperidine rings is 1. The second-order valence-corrected chi connectivity index (χ2v) is 9.62. The maximum atomic E-state index is 12.0. The topological polar surface area (TPSA) is 101 Å². The number of carbonyl (C=O) groups excluding carboxylic acids is 1. The summed E-state index contributed by atoms with van der Waals surface area (Å²) in [4.78, 5) is 29.1. The van der Waals surface area contributed by atoms with Gasteiger partial charge in [-0.2, -0.15) is 0 Å². The number of ether oxygens (including phenoxy) is 2. The van der Waals surface area contributed by atoms with Crippen molar-refractivity contribution in [3.05, 3.63) is 108 Å². The fraction of sp³-hybridized carbons (Fsp3) is 0.258. The van der Waals surface area contributed by atoms with Gasteiger partial charge in [0.25, 0.3) is 0 Å². The molecule has 0 aliphatic carbocycles. The number of amides is 2. The first-order chi connectivity index (χ1) is 19.0. The molecule has 2 unspecified atom stereocenters. The second-order valence-electron chi connectivity index (χ2n) is 9.62. The molecule has 2 atom stereocenters. The molecule has 1 fully saturated rings. The molecule has 0 saturated carbocycles. The number of carboxylic acid groups (broad SMARTS) is 1. The molecule has 1 saturated heterocycles. The zero-order valence-corrected chi connectivity index (χ0v) is 21.5. The van der Waals surface area contributed by atoms with Gasteiger partial charge in [-0.1, -0.05) is 66.7 Å². The molecular formula is C31H31N3O5. The minimum absolute atomic E-state index is 0.0792. The van der Waals surface area contributed by atoms with Gasteiger partial charge in [0.2, 0.25) is 0 Å². The molecule has 0 spiro atoms. The van der Waals surface area contributed by atoms with Crippen molar-refractivity contribution in [2.75, 3.05) is 25.0 Å². The van der Waals surface area contributed by atoms with Gasteiger partial charge in [0, 0.05) is 25.1 Å². The largest absolute Gasteiger partial charge is 0.465 e. The Balaban J connectivity index is 1.19. The average Bonchev–Trinajstić information content (AvgIpc) is 2.97. The van der Waals surface area contributed by atoms with E-state index in [-0.39, 0.29) is 18.6 Å². The van der Waals surface area contributed by atoms with Gasteiger partial charge in [0.05, 0.1) is 25.9 Å². The first-order valence-corrected chi connectivity index (χ1v) is 13.1. The Bertz CT molecular complexity index is 1410. The number of carbonyl (C=O) groups is 2. The van der Waals surface area contributed by atoms with Crippen molar-refractivity contribution in [1.29, 1.82) is 0 Å². The highest BCUT2D eigenvalue weighted by molar-refractivity contribution is 5.83. The molecule has 4 aromatic rings. The lowest BCUT2D eigenvalue weighted by Crippen LogP contribution is -2.46. The van der Waals surface area contributed by atoms with Crippen LogP contribution < -0.4 is 5.32 Å². The molecule has 0 radical (unpaired) electrons. The van der Waals surface area contributed by atoms with Crippen molar-refractivity contribution >= 4 is 28.8 Å². The molecule has 200 valence electrons. The zero-order valence-electron chi connectivity index (χ0n) is 21.5. The van der Waals surface area contributed by atoms with Gasteiger partial charge >= 0.3 is 12.2 Å². The van der Waals surface area contributed by atoms with Crippen molar-refractivity contribution in [3.63, 3.8) is 0 Å². The van der Waals surface area contributed by atoms with E-state index in [0.29, 0.717) is 38.4 Å². The highest BCUT2D eigenvalue weighted by Crippen LogP contribution is 2.32. The van der Waals surface area contributed by atoms with E-state index in [0.717, 1.165) is 22.1 Å². The van der Waals surface area contributed by atoms with Crippen LogP contribution >= 0.6 is 0 Å². The normalized spacial score (nSPS) is 17.1. The van der Waals surface area contributed by atoms with E-state index >= 15 is 0 Å². The van der Waals surface area contributed by atoms with Gasteiger partial charge in [0.1, 0.15) is 5.82 Å². The monoisotopic (exact) mass is 525 g/mol. The van der Waals surface area contributed by atoms with E-state index in [2.05, 4.69) is 52.8 Å². The van der Waals surface area contributed by atoms with E-state index in [9.17, 15) is 14.7 Å². The number of nitrogens with one attached hydrogen (secondary N) is 1. The SMILES string of the molecule is O=C(Nc1ccccn1)OCCc1ccc(C2CCN(C(=O)O)CC2OCc2ccc3ccccc3c2)cc1. The number of nitrogens with zero attached hydrogens (tertiary/aromatic N) is 2. The Hall–Kier alpha value is -4.43. The molecule has 39 heavy (non-hydrogen) atoms. The van der Waals surface area contributed by atoms with E-state index < -0.39 is 12.2 Å². The van der Waals surface area contributed by atoms with Crippen LogP contribution in [0.1, 0.15) is 29.0 Å². The first kappa shape index (κ1) is 26.2. The van der Waals surface area contributed by atoms with Gasteiger partial charge in [-0.15, -0.1) is 0 Å². The predicted octanol–water partition coefficient (Wildman–Crippen LogP) is 6.08. The average molecular weight is 526 g/mol. The zero-order chi connectivity index (χ0) is 27.0. The van der Waals surface area contributed by atoms with Crippen molar-refractivity contribution in [2.45, 2.75) is 31.5 Å². The number of anilines is 1. The van der Waals surface area contributed by atoms with Crippen LogP contribution in [0.2, 0.25) is 0 Å². The molecule has 0 bridgehead atoms. The molecule has 2 heterocycles. The Labute approximate surface area is 227 Å². The van der Waals surface area contributed by atoms with Crippen LogP contribution in [0.5, 0.6) is 0 Å². The molecule has 5 rings (SSSR count). The van der Waals surface area contributed by atoms with Crippen LogP contribution in [0.15, 0.2) is 91.1 Å².